The molecular weight excluding hydrogens is 130 g/mol. The van der Waals surface area contributed by atoms with Gasteiger partial charge in [-0.05, 0) is 5.41 Å². The maximum Gasteiger partial charge on any atom is 0.113 e. The Balaban J connectivity index is 2.54. The number of rotatable bonds is 1. The highest BCUT2D eigenvalue weighted by atomic mass is 14.4. The van der Waals surface area contributed by atoms with E-state index in [9.17, 15) is 0 Å². The quantitative estimate of drug-likeness (QED) is 0.500. The van der Waals surface area contributed by atoms with E-state index >= 15 is 0 Å². The molecule has 0 aliphatic carbocycles. The molecule has 1 fully saturated rings. The fourth-order valence-corrected chi connectivity index (χ4v) is 1.76. The van der Waals surface area contributed by atoms with Gasteiger partial charge in [-0.2, -0.15) is 0 Å². The van der Waals surface area contributed by atoms with Crippen molar-refractivity contribution in [1.82, 2.24) is 0 Å². The summed E-state index contributed by atoms with van der Waals surface area (Å²) in [5.41, 5.74) is 0.346. The van der Waals surface area contributed by atoms with Crippen LogP contribution in [0.15, 0.2) is 0 Å². The van der Waals surface area contributed by atoms with Gasteiger partial charge in [0, 0.05) is 0 Å². The highest BCUT2D eigenvalue weighted by molar-refractivity contribution is 6.71. The van der Waals surface area contributed by atoms with E-state index in [1.807, 2.05) is 0 Å². The van der Waals surface area contributed by atoms with Crippen molar-refractivity contribution in [1.29, 1.82) is 0 Å². The third-order valence-corrected chi connectivity index (χ3v) is 2.56. The van der Waals surface area contributed by atoms with Gasteiger partial charge in [-0.1, -0.05) is 51.6 Å². The van der Waals surface area contributed by atoms with Crippen LogP contribution in [0.5, 0.6) is 0 Å². The van der Waals surface area contributed by atoms with Crippen molar-refractivity contribution in [3.8, 4) is 0 Å². The molecule has 1 unspecified atom stereocenters. The van der Waals surface area contributed by atoms with Crippen LogP contribution < -0.4 is 0 Å². The van der Waals surface area contributed by atoms with Gasteiger partial charge in [0.2, 0.25) is 0 Å². The normalized spacial score (nSPS) is 34.6. The highest BCUT2D eigenvalue weighted by Crippen LogP contribution is 2.69. The zero-order valence-corrected chi connectivity index (χ0v) is 8.36. The summed E-state index contributed by atoms with van der Waals surface area (Å²) in [6.07, 6.45) is 1.09. The Morgan fingerprint density at radius 2 is 1.64 bits per heavy atom. The molecule has 0 aromatic rings. The molecule has 0 saturated carbocycles. The topological polar surface area (TPSA) is 0 Å². The Hall–Kier alpha value is 0.130. The molecule has 0 bridgehead atoms. The Morgan fingerprint density at radius 3 is 1.73 bits per heavy atom. The number of hydrogen-bond acceptors (Lipinski definition) is 0. The van der Waals surface area contributed by atoms with Crippen LogP contribution in [-0.2, 0) is 0 Å². The number of hydrogen-bond donors (Lipinski definition) is 0. The minimum absolute atomic E-state index is 0.00521. The van der Waals surface area contributed by atoms with Crippen molar-refractivity contribution in [2.75, 3.05) is 0 Å². The lowest BCUT2D eigenvalue weighted by Gasteiger charge is -2.27. The average Bonchev–Trinajstić information content (AvgIpc) is 1.96. The smallest absolute Gasteiger partial charge is 0.0920 e. The predicted molar refractivity (Wildman–Crippen MR) is 52.3 cm³/mol. The van der Waals surface area contributed by atoms with Crippen LogP contribution in [0.1, 0.15) is 41.0 Å². The van der Waals surface area contributed by atoms with Gasteiger partial charge in [0.15, 0.2) is 0 Å². The molecule has 0 aromatic heterocycles. The van der Waals surface area contributed by atoms with Crippen molar-refractivity contribution in [2.45, 2.75) is 51.6 Å². The molecule has 11 heavy (non-hydrogen) atoms. The van der Waals surface area contributed by atoms with Crippen LogP contribution in [0.3, 0.4) is 0 Å². The Labute approximate surface area is 72.8 Å². The van der Waals surface area contributed by atoms with E-state index in [2.05, 4.69) is 41.9 Å². The van der Waals surface area contributed by atoms with Crippen molar-refractivity contribution < 1.29 is 0 Å². The van der Waals surface area contributed by atoms with Crippen molar-refractivity contribution in [3.05, 3.63) is 0 Å². The third kappa shape index (κ3) is 1.83. The van der Waals surface area contributed by atoms with Crippen LogP contribution in [0, 0.1) is 5.41 Å². The Morgan fingerprint density at radius 1 is 1.27 bits per heavy atom. The molecule has 0 N–H and O–H groups in total. The predicted octanol–water partition coefficient (Wildman–Crippen LogP) is 2.62. The lowest BCUT2D eigenvalue weighted by atomic mass is 9.63. The van der Waals surface area contributed by atoms with Gasteiger partial charge in [0.25, 0.3) is 0 Å². The van der Waals surface area contributed by atoms with Crippen molar-refractivity contribution in [2.24, 2.45) is 5.41 Å². The van der Waals surface area contributed by atoms with Gasteiger partial charge >= 0.3 is 0 Å². The van der Waals surface area contributed by atoms with E-state index in [-0.39, 0.29) is 10.5 Å². The lowest BCUT2D eigenvalue weighted by molar-refractivity contribution is 0.352. The second-order valence-corrected chi connectivity index (χ2v) is 5.64. The van der Waals surface area contributed by atoms with Gasteiger partial charge in [0.05, 0.1) is 7.85 Å². The summed E-state index contributed by atoms with van der Waals surface area (Å²) in [5.74, 6) is 0. The van der Waals surface area contributed by atoms with Gasteiger partial charge in [0.1, 0.15) is 7.28 Å². The van der Waals surface area contributed by atoms with E-state index < -0.39 is 0 Å². The standard InChI is InChI=1S/C9H17B2/c1-7(2,3)6-9(10)8(4,5)11-9/h6H2,1-5H3. The first-order valence-electron chi connectivity index (χ1n) is 4.32. The second kappa shape index (κ2) is 2.08. The third-order valence-electron chi connectivity index (χ3n) is 2.56. The first-order chi connectivity index (χ1) is 4.66. The molecule has 0 amide bonds. The maximum absolute atomic E-state index is 6.15. The van der Waals surface area contributed by atoms with Gasteiger partial charge in [-0.3, -0.25) is 0 Å². The van der Waals surface area contributed by atoms with Gasteiger partial charge in [-0.15, -0.1) is 0 Å². The summed E-state index contributed by atoms with van der Waals surface area (Å²) < 4.78 is 0. The van der Waals surface area contributed by atoms with Crippen LogP contribution in [0.2, 0.25) is 10.5 Å². The molecule has 1 atom stereocenters. The minimum atomic E-state index is 0.00521. The van der Waals surface area contributed by atoms with E-state index in [1.54, 1.807) is 0 Å². The summed E-state index contributed by atoms with van der Waals surface area (Å²) in [4.78, 5) is 0. The van der Waals surface area contributed by atoms with Crippen molar-refractivity contribution in [3.63, 3.8) is 0 Å². The Kier molecular flexibility index (Phi) is 1.75. The molecule has 0 nitrogen and oxygen atoms in total. The van der Waals surface area contributed by atoms with Crippen molar-refractivity contribution >= 4 is 15.1 Å². The minimum Gasteiger partial charge on any atom is -0.0920 e. The molecule has 2 heteroatoms. The molecule has 1 aliphatic heterocycles. The molecule has 3 radical (unpaired) electrons. The molecule has 59 valence electrons. The SMILES string of the molecule is [B]C1(CC(C)(C)C)[B]C1(C)C. The van der Waals surface area contributed by atoms with Crippen LogP contribution in [0.25, 0.3) is 0 Å². The maximum atomic E-state index is 6.15. The fraction of sp³-hybridized carbons (Fsp3) is 1.00. The highest BCUT2D eigenvalue weighted by Gasteiger charge is 2.57. The van der Waals surface area contributed by atoms with E-state index in [0.717, 1.165) is 6.42 Å². The van der Waals surface area contributed by atoms with Crippen LogP contribution >= 0.6 is 0 Å². The zero-order chi connectivity index (χ0) is 8.91. The second-order valence-electron chi connectivity index (χ2n) is 5.64. The summed E-state index contributed by atoms with van der Waals surface area (Å²) in [6, 6.07) is 0. The summed E-state index contributed by atoms with van der Waals surface area (Å²) in [5, 5.41) is 0.269. The van der Waals surface area contributed by atoms with Gasteiger partial charge < -0.3 is 0 Å². The molecular formula is C9H17B2. The van der Waals surface area contributed by atoms with Crippen LogP contribution in [0.4, 0.5) is 0 Å². The zero-order valence-electron chi connectivity index (χ0n) is 8.36. The summed E-state index contributed by atoms with van der Waals surface area (Å²) in [7, 11) is 8.41. The Bertz CT molecular complexity index is 167. The first-order valence-corrected chi connectivity index (χ1v) is 4.32. The molecule has 0 spiro atoms. The van der Waals surface area contributed by atoms with E-state index in [0.29, 0.717) is 5.41 Å². The van der Waals surface area contributed by atoms with Gasteiger partial charge in [-0.25, -0.2) is 0 Å². The molecule has 1 rings (SSSR count). The first kappa shape index (κ1) is 9.22. The van der Waals surface area contributed by atoms with Crippen LogP contribution in [-0.4, -0.2) is 15.1 Å². The summed E-state index contributed by atoms with van der Waals surface area (Å²) >= 11 is 0. The largest absolute Gasteiger partial charge is 0.113 e. The molecule has 0 aromatic carbocycles. The fourth-order valence-electron chi connectivity index (χ4n) is 1.76. The lowest BCUT2D eigenvalue weighted by Crippen LogP contribution is -2.12. The molecule has 1 aliphatic rings. The average molecular weight is 147 g/mol. The summed E-state index contributed by atoms with van der Waals surface area (Å²) in [6.45, 7) is 11.1. The monoisotopic (exact) mass is 147 g/mol. The molecule has 1 saturated heterocycles. The van der Waals surface area contributed by atoms with E-state index in [1.165, 1.54) is 0 Å². The van der Waals surface area contributed by atoms with E-state index in [4.69, 9.17) is 7.85 Å². The molecule has 1 heterocycles.